The number of carbonyl (C=O) groups is 2. The third kappa shape index (κ3) is 4.36. The largest absolute Gasteiger partial charge is 0.507 e. The van der Waals surface area contributed by atoms with E-state index in [1.54, 1.807) is 37.3 Å². The van der Waals surface area contributed by atoms with Gasteiger partial charge < -0.3 is 14.6 Å². The van der Waals surface area contributed by atoms with Crippen molar-refractivity contribution in [1.82, 2.24) is 15.2 Å². The number of nitrogens with zero attached hydrogens (tertiary/aromatic N) is 4. The standard InChI is InChI=1S/C24H24N4O5S/c1-4-12-33-17-7-6-16(13-18(17)32-5-2)20-19(21(29)15-8-10-25-11-9-15)22(30)23(31)28(20)24-27-26-14(3)34-24/h6-11,13,20,29H,4-5,12H2,1-3H3. The highest BCUT2D eigenvalue weighted by molar-refractivity contribution is 7.15. The van der Waals surface area contributed by atoms with Gasteiger partial charge in [-0.3, -0.25) is 19.5 Å². The molecule has 2 aromatic heterocycles. The fourth-order valence-corrected chi connectivity index (χ4v) is 4.40. The van der Waals surface area contributed by atoms with Gasteiger partial charge in [0, 0.05) is 18.0 Å². The summed E-state index contributed by atoms with van der Waals surface area (Å²) in [5.41, 5.74) is 0.892. The molecule has 34 heavy (non-hydrogen) atoms. The van der Waals surface area contributed by atoms with E-state index < -0.39 is 17.7 Å². The molecule has 3 aromatic rings. The number of benzene rings is 1. The van der Waals surface area contributed by atoms with Crippen molar-refractivity contribution in [3.63, 3.8) is 0 Å². The van der Waals surface area contributed by atoms with E-state index in [0.29, 0.717) is 40.8 Å². The van der Waals surface area contributed by atoms with Gasteiger partial charge in [0.05, 0.1) is 24.8 Å². The van der Waals surface area contributed by atoms with E-state index in [9.17, 15) is 14.7 Å². The monoisotopic (exact) mass is 480 g/mol. The molecular weight excluding hydrogens is 456 g/mol. The predicted molar refractivity (Wildman–Crippen MR) is 127 cm³/mol. The Balaban J connectivity index is 1.91. The van der Waals surface area contributed by atoms with Crippen LogP contribution in [0.2, 0.25) is 0 Å². The van der Waals surface area contributed by atoms with Gasteiger partial charge in [-0.1, -0.05) is 24.3 Å². The quantitative estimate of drug-likeness (QED) is 0.292. The summed E-state index contributed by atoms with van der Waals surface area (Å²) in [7, 11) is 0. The number of ketones is 1. The van der Waals surface area contributed by atoms with Crippen LogP contribution in [0.25, 0.3) is 5.76 Å². The molecule has 1 saturated heterocycles. The van der Waals surface area contributed by atoms with Crippen molar-refractivity contribution < 1.29 is 24.2 Å². The summed E-state index contributed by atoms with van der Waals surface area (Å²) in [4.78, 5) is 31.6. The highest BCUT2D eigenvalue weighted by Crippen LogP contribution is 2.44. The average molecular weight is 481 g/mol. The number of pyridine rings is 1. The van der Waals surface area contributed by atoms with Crippen molar-refractivity contribution in [3.8, 4) is 11.5 Å². The number of aliphatic hydroxyl groups is 1. The minimum Gasteiger partial charge on any atom is -0.507 e. The van der Waals surface area contributed by atoms with Crippen LogP contribution < -0.4 is 14.4 Å². The fraction of sp³-hybridized carbons (Fsp3) is 0.292. The molecule has 176 valence electrons. The maximum absolute atomic E-state index is 13.2. The Hall–Kier alpha value is -3.79. The van der Waals surface area contributed by atoms with E-state index in [4.69, 9.17) is 9.47 Å². The number of aryl methyl sites for hydroxylation is 1. The summed E-state index contributed by atoms with van der Waals surface area (Å²) in [6, 6.07) is 7.44. The number of aliphatic hydroxyl groups excluding tert-OH is 1. The van der Waals surface area contributed by atoms with Gasteiger partial charge in [-0.2, -0.15) is 0 Å². The molecule has 1 unspecified atom stereocenters. The Morgan fingerprint density at radius 1 is 1.09 bits per heavy atom. The summed E-state index contributed by atoms with van der Waals surface area (Å²) in [5.74, 6) is -0.849. The number of aromatic nitrogens is 3. The number of hydrogen-bond donors (Lipinski definition) is 1. The number of Topliss-reactive ketones (excluding diaryl/α,β-unsaturated/α-hetero) is 1. The van der Waals surface area contributed by atoms with Crippen molar-refractivity contribution in [2.24, 2.45) is 0 Å². The van der Waals surface area contributed by atoms with E-state index >= 15 is 0 Å². The zero-order valence-electron chi connectivity index (χ0n) is 19.0. The van der Waals surface area contributed by atoms with Crippen LogP contribution in [0, 0.1) is 6.92 Å². The molecule has 9 nitrogen and oxygen atoms in total. The first kappa shape index (κ1) is 23.4. The maximum atomic E-state index is 13.2. The Bertz CT molecular complexity index is 1240. The summed E-state index contributed by atoms with van der Waals surface area (Å²) in [6.07, 6.45) is 3.83. The number of carbonyl (C=O) groups excluding carboxylic acids is 2. The van der Waals surface area contributed by atoms with Crippen LogP contribution in [0.3, 0.4) is 0 Å². The van der Waals surface area contributed by atoms with E-state index in [1.165, 1.54) is 28.6 Å². The second-order valence-electron chi connectivity index (χ2n) is 7.50. The Labute approximate surface area is 200 Å². The highest BCUT2D eigenvalue weighted by Gasteiger charge is 2.48. The second-order valence-corrected chi connectivity index (χ2v) is 8.66. The zero-order chi connectivity index (χ0) is 24.2. The van der Waals surface area contributed by atoms with Crippen molar-refractivity contribution in [2.45, 2.75) is 33.2 Å². The van der Waals surface area contributed by atoms with Gasteiger partial charge in [-0.05, 0) is 50.1 Å². The molecule has 3 heterocycles. The van der Waals surface area contributed by atoms with Crippen LogP contribution in [-0.4, -0.2) is 45.2 Å². The van der Waals surface area contributed by atoms with Gasteiger partial charge in [0.2, 0.25) is 5.13 Å². The topological polar surface area (TPSA) is 115 Å². The lowest BCUT2D eigenvalue weighted by Crippen LogP contribution is -2.29. The van der Waals surface area contributed by atoms with Crippen LogP contribution in [0.15, 0.2) is 48.3 Å². The van der Waals surface area contributed by atoms with Gasteiger partial charge in [0.1, 0.15) is 10.8 Å². The van der Waals surface area contributed by atoms with E-state index in [2.05, 4.69) is 15.2 Å². The van der Waals surface area contributed by atoms with Crippen molar-refractivity contribution in [1.29, 1.82) is 0 Å². The lowest BCUT2D eigenvalue weighted by atomic mass is 9.95. The molecule has 0 saturated carbocycles. The smallest absolute Gasteiger partial charge is 0.301 e. The molecule has 1 aliphatic rings. The number of rotatable bonds is 8. The first-order valence-electron chi connectivity index (χ1n) is 10.9. The molecule has 0 bridgehead atoms. The zero-order valence-corrected chi connectivity index (χ0v) is 19.8. The molecule has 1 aliphatic heterocycles. The van der Waals surface area contributed by atoms with Crippen LogP contribution in [0.1, 0.15) is 42.4 Å². The maximum Gasteiger partial charge on any atom is 0.301 e. The Morgan fingerprint density at radius 2 is 1.85 bits per heavy atom. The molecule has 1 fully saturated rings. The van der Waals surface area contributed by atoms with Gasteiger partial charge in [-0.15, -0.1) is 10.2 Å². The number of hydrogen-bond acceptors (Lipinski definition) is 9. The predicted octanol–water partition coefficient (Wildman–Crippen LogP) is 4.06. The molecule has 0 aliphatic carbocycles. The summed E-state index contributed by atoms with van der Waals surface area (Å²) in [5, 5.41) is 20.1. The number of amides is 1. The molecule has 0 spiro atoms. The molecule has 10 heteroatoms. The third-order valence-electron chi connectivity index (χ3n) is 5.16. The summed E-state index contributed by atoms with van der Waals surface area (Å²) < 4.78 is 11.6. The van der Waals surface area contributed by atoms with Crippen LogP contribution in [0.4, 0.5) is 5.13 Å². The summed E-state index contributed by atoms with van der Waals surface area (Å²) in [6.45, 7) is 6.54. The minimum absolute atomic E-state index is 0.0475. The molecule has 1 atom stereocenters. The minimum atomic E-state index is -0.931. The molecule has 1 amide bonds. The normalized spacial score (nSPS) is 17.3. The van der Waals surface area contributed by atoms with Gasteiger partial charge in [-0.25, -0.2) is 0 Å². The highest BCUT2D eigenvalue weighted by atomic mass is 32.1. The molecule has 0 radical (unpaired) electrons. The van der Waals surface area contributed by atoms with Crippen molar-refractivity contribution in [3.05, 3.63) is 64.4 Å². The van der Waals surface area contributed by atoms with Gasteiger partial charge in [0.25, 0.3) is 5.78 Å². The van der Waals surface area contributed by atoms with E-state index in [-0.39, 0.29) is 16.5 Å². The first-order valence-corrected chi connectivity index (χ1v) is 11.7. The Morgan fingerprint density at radius 3 is 2.50 bits per heavy atom. The average Bonchev–Trinajstić information content (AvgIpc) is 3.39. The Kier molecular flexibility index (Phi) is 6.87. The lowest BCUT2D eigenvalue weighted by molar-refractivity contribution is -0.132. The second kappa shape index (κ2) is 10.0. The molecular formula is C24H24N4O5S. The molecule has 1 N–H and O–H groups in total. The molecule has 4 rings (SSSR count). The van der Waals surface area contributed by atoms with Crippen molar-refractivity contribution in [2.75, 3.05) is 18.1 Å². The van der Waals surface area contributed by atoms with Crippen molar-refractivity contribution >= 4 is 33.9 Å². The first-order chi connectivity index (χ1) is 16.5. The van der Waals surface area contributed by atoms with Gasteiger partial charge >= 0.3 is 5.91 Å². The van der Waals surface area contributed by atoms with Crippen LogP contribution in [0.5, 0.6) is 11.5 Å². The van der Waals surface area contributed by atoms with E-state index in [1.807, 2.05) is 13.8 Å². The van der Waals surface area contributed by atoms with E-state index in [0.717, 1.165) is 6.42 Å². The van der Waals surface area contributed by atoms with Gasteiger partial charge in [0.15, 0.2) is 11.5 Å². The van der Waals surface area contributed by atoms with Crippen LogP contribution in [-0.2, 0) is 9.59 Å². The number of anilines is 1. The van der Waals surface area contributed by atoms with Crippen LogP contribution >= 0.6 is 11.3 Å². The third-order valence-corrected chi connectivity index (χ3v) is 6.00. The summed E-state index contributed by atoms with van der Waals surface area (Å²) >= 11 is 1.19. The SMILES string of the molecule is CCCOc1ccc(C2C(=C(O)c3ccncc3)C(=O)C(=O)N2c2nnc(C)s2)cc1OCC. The molecule has 1 aromatic carbocycles. The number of ether oxygens (including phenoxy) is 2. The fourth-order valence-electron chi connectivity index (χ4n) is 3.69. The lowest BCUT2D eigenvalue weighted by Gasteiger charge is -2.23.